The summed E-state index contributed by atoms with van der Waals surface area (Å²) < 4.78 is 18.0. The van der Waals surface area contributed by atoms with Gasteiger partial charge in [-0.3, -0.25) is 9.59 Å². The smallest absolute Gasteiger partial charge is 0.338 e. The molecule has 0 radical (unpaired) electrons. The van der Waals surface area contributed by atoms with Crippen molar-refractivity contribution in [2.45, 2.75) is 94.7 Å². The number of fused-ring (bicyclic) bond motifs is 5. The van der Waals surface area contributed by atoms with Crippen molar-refractivity contribution in [2.24, 2.45) is 16.7 Å². The van der Waals surface area contributed by atoms with E-state index in [1.807, 2.05) is 0 Å². The molecule has 3 aromatic carbocycles. The average Bonchev–Trinajstić information content (AvgIpc) is 3.17. The van der Waals surface area contributed by atoms with Crippen molar-refractivity contribution in [2.75, 3.05) is 6.61 Å². The van der Waals surface area contributed by atoms with Gasteiger partial charge in [-0.25, -0.2) is 9.59 Å². The molecule has 3 aliphatic carbocycles. The number of Topliss-reactive ketones (excluding diaryl/α,β-unsaturated/α-hetero) is 1. The van der Waals surface area contributed by atoms with E-state index in [0.717, 1.165) is 0 Å². The summed E-state index contributed by atoms with van der Waals surface area (Å²) in [6.07, 6.45) is -7.33. The number of benzene rings is 3. The number of rotatable bonds is 8. The van der Waals surface area contributed by atoms with E-state index in [1.165, 1.54) is 0 Å². The van der Waals surface area contributed by atoms with Gasteiger partial charge in [0, 0.05) is 28.7 Å². The van der Waals surface area contributed by atoms with Crippen molar-refractivity contribution in [1.82, 2.24) is 5.32 Å². The van der Waals surface area contributed by atoms with Crippen molar-refractivity contribution in [3.8, 4) is 0 Å². The molecule has 3 fully saturated rings. The molecule has 290 valence electrons. The number of ketones is 1. The first-order valence-corrected chi connectivity index (χ1v) is 18.6. The van der Waals surface area contributed by atoms with Gasteiger partial charge in [0.15, 0.2) is 11.9 Å². The molecule has 0 aromatic heterocycles. The van der Waals surface area contributed by atoms with Crippen LogP contribution in [0.5, 0.6) is 0 Å². The Morgan fingerprint density at radius 1 is 0.873 bits per heavy atom. The van der Waals surface area contributed by atoms with Gasteiger partial charge in [0.2, 0.25) is 0 Å². The highest BCUT2D eigenvalue weighted by atomic mass is 16.6. The lowest BCUT2D eigenvalue weighted by atomic mass is 9.45. The van der Waals surface area contributed by atoms with Crippen molar-refractivity contribution in [3.05, 3.63) is 119 Å². The summed E-state index contributed by atoms with van der Waals surface area (Å²) in [5, 5.41) is 51.9. The molecular formula is C43H47NO11. The Morgan fingerprint density at radius 2 is 1.45 bits per heavy atom. The molecule has 12 heteroatoms. The van der Waals surface area contributed by atoms with Gasteiger partial charge in [0.25, 0.3) is 5.91 Å². The molecule has 4 aliphatic rings. The first-order chi connectivity index (χ1) is 26.0. The predicted molar refractivity (Wildman–Crippen MR) is 197 cm³/mol. The van der Waals surface area contributed by atoms with E-state index < -0.39 is 94.6 Å². The van der Waals surface area contributed by atoms with E-state index >= 15 is 0 Å². The molecule has 1 saturated heterocycles. The Morgan fingerprint density at radius 3 is 2.04 bits per heavy atom. The van der Waals surface area contributed by atoms with Crippen molar-refractivity contribution in [3.63, 3.8) is 0 Å². The number of hydrogen-bond donors (Lipinski definition) is 5. The number of carbonyl (C=O) groups is 4. The monoisotopic (exact) mass is 753 g/mol. The second kappa shape index (κ2) is 14.1. The van der Waals surface area contributed by atoms with Gasteiger partial charge in [-0.2, -0.15) is 0 Å². The zero-order chi connectivity index (χ0) is 39.5. The third-order valence-electron chi connectivity index (χ3n) is 12.8. The van der Waals surface area contributed by atoms with Gasteiger partial charge in [-0.05, 0) is 60.7 Å². The summed E-state index contributed by atoms with van der Waals surface area (Å²) in [6.45, 7) is 6.24. The number of nitrogens with one attached hydrogen (secondary N) is 1. The van der Waals surface area contributed by atoms with Crippen LogP contribution in [0.3, 0.4) is 0 Å². The Kier molecular flexibility index (Phi) is 9.88. The van der Waals surface area contributed by atoms with Gasteiger partial charge in [0.05, 0.1) is 24.3 Å². The van der Waals surface area contributed by atoms with Crippen LogP contribution in [0.4, 0.5) is 0 Å². The van der Waals surface area contributed by atoms with Crippen LogP contribution in [0, 0.1) is 16.7 Å². The fourth-order valence-electron chi connectivity index (χ4n) is 9.56. The topological polar surface area (TPSA) is 189 Å². The zero-order valence-corrected chi connectivity index (χ0v) is 31.2. The van der Waals surface area contributed by atoms with Crippen LogP contribution in [0.15, 0.2) is 102 Å². The molecule has 12 nitrogen and oxygen atoms in total. The minimum Gasteiger partial charge on any atom is -0.456 e. The van der Waals surface area contributed by atoms with E-state index in [9.17, 15) is 39.6 Å². The molecule has 10 atom stereocenters. The number of amides is 1. The molecule has 1 aliphatic heterocycles. The maximum Gasteiger partial charge on any atom is 0.338 e. The third-order valence-corrected chi connectivity index (χ3v) is 12.8. The van der Waals surface area contributed by atoms with E-state index in [0.29, 0.717) is 17.5 Å². The molecule has 1 amide bonds. The van der Waals surface area contributed by atoms with Gasteiger partial charge < -0.3 is 40.0 Å². The van der Waals surface area contributed by atoms with E-state index in [-0.39, 0.29) is 29.7 Å². The van der Waals surface area contributed by atoms with Crippen molar-refractivity contribution < 1.29 is 53.8 Å². The van der Waals surface area contributed by atoms with Crippen LogP contribution in [0.25, 0.3) is 0 Å². The number of aliphatic hydroxyl groups excluding tert-OH is 2. The molecule has 5 N–H and O–H groups in total. The summed E-state index contributed by atoms with van der Waals surface area (Å²) in [5.41, 5.74) is -5.64. The quantitative estimate of drug-likeness (QED) is 0.167. The van der Waals surface area contributed by atoms with Crippen LogP contribution in [-0.2, 0) is 23.8 Å². The summed E-state index contributed by atoms with van der Waals surface area (Å²) in [4.78, 5) is 55.9. The number of hydrogen-bond acceptors (Lipinski definition) is 11. The highest BCUT2D eigenvalue weighted by Crippen LogP contribution is 2.63. The van der Waals surface area contributed by atoms with Crippen LogP contribution in [0.1, 0.15) is 79.3 Å². The fraction of sp³-hybridized carbons (Fsp3) is 0.442. The zero-order valence-electron chi connectivity index (χ0n) is 31.2. The standard InChI is InChI=1S/C43H47NO11/c1-24-28(54-39(50)33(46)31(25-14-8-5-9-15-25)44-37(48)26-16-10-6-11-17-26)22-43(52)36(55-38(49)27-18-12-7-13-19-27)34-41(4,21-20-29-42(34,51)23-53-29)35(47)32(45)30(24)40(43,2)3/h5-19,28-29,31-34,36,45-46,51-52H,20-23H2,1-4H3,(H,44,48)/t28?,29?,31?,32?,33?,34?,36?,41-,42?,43?/m1/s1. The highest BCUT2D eigenvalue weighted by molar-refractivity contribution is 5.95. The van der Waals surface area contributed by atoms with Crippen LogP contribution < -0.4 is 5.32 Å². The lowest BCUT2D eigenvalue weighted by Crippen LogP contribution is -2.78. The van der Waals surface area contributed by atoms with Crippen LogP contribution >= 0.6 is 0 Å². The SMILES string of the molecule is CC1=C2C(O)C(=O)[C@]3(C)CCC4OCC4(O)C3C(OC(=O)c3ccccc3)C(O)(CC1OC(=O)C(O)C(NC(=O)c1ccccc1)c1ccccc1)C2(C)C. The molecule has 1 heterocycles. The third kappa shape index (κ3) is 6.20. The maximum absolute atomic E-state index is 14.7. The number of esters is 2. The minimum absolute atomic E-state index is 0.0786. The minimum atomic E-state index is -2.18. The van der Waals surface area contributed by atoms with Gasteiger partial charge in [-0.15, -0.1) is 0 Å². The molecular weight excluding hydrogens is 706 g/mol. The lowest BCUT2D eigenvalue weighted by molar-refractivity contribution is -0.329. The first-order valence-electron chi connectivity index (χ1n) is 18.6. The fourth-order valence-corrected chi connectivity index (χ4v) is 9.56. The molecule has 3 aromatic rings. The normalized spacial score (nSPS) is 33.3. The van der Waals surface area contributed by atoms with Gasteiger partial charge in [0.1, 0.15) is 29.5 Å². The first kappa shape index (κ1) is 38.6. The van der Waals surface area contributed by atoms with Crippen molar-refractivity contribution >= 4 is 23.6 Å². The van der Waals surface area contributed by atoms with Gasteiger partial charge in [-0.1, -0.05) is 87.5 Å². The molecule has 0 spiro atoms. The largest absolute Gasteiger partial charge is 0.456 e. The number of ether oxygens (including phenoxy) is 3. The van der Waals surface area contributed by atoms with Crippen LogP contribution in [0.2, 0.25) is 0 Å². The second-order valence-corrected chi connectivity index (χ2v) is 16.1. The summed E-state index contributed by atoms with van der Waals surface area (Å²) in [5.74, 6) is -4.40. The summed E-state index contributed by atoms with van der Waals surface area (Å²) in [7, 11) is 0. The number of aliphatic hydroxyl groups is 4. The summed E-state index contributed by atoms with van der Waals surface area (Å²) in [6, 6.07) is 23.5. The van der Waals surface area contributed by atoms with E-state index in [2.05, 4.69) is 5.32 Å². The Labute approximate surface area is 319 Å². The van der Waals surface area contributed by atoms with Gasteiger partial charge >= 0.3 is 11.9 Å². The molecule has 2 saturated carbocycles. The van der Waals surface area contributed by atoms with Crippen molar-refractivity contribution in [1.29, 1.82) is 0 Å². The molecule has 55 heavy (non-hydrogen) atoms. The highest BCUT2D eigenvalue weighted by Gasteiger charge is 2.74. The predicted octanol–water partition coefficient (Wildman–Crippen LogP) is 3.62. The summed E-state index contributed by atoms with van der Waals surface area (Å²) >= 11 is 0. The van der Waals surface area contributed by atoms with E-state index in [1.54, 1.807) is 119 Å². The second-order valence-electron chi connectivity index (χ2n) is 16.1. The Bertz CT molecular complexity index is 2000. The maximum atomic E-state index is 14.7. The van der Waals surface area contributed by atoms with E-state index in [4.69, 9.17) is 14.2 Å². The molecule has 2 bridgehead atoms. The Balaban J connectivity index is 1.30. The number of carbonyl (C=O) groups excluding carboxylic acids is 4. The van der Waals surface area contributed by atoms with Crippen LogP contribution in [-0.4, -0.2) is 92.4 Å². The molecule has 7 rings (SSSR count). The Hall–Kier alpha value is -4.72. The molecule has 9 unspecified atom stereocenters. The lowest BCUT2D eigenvalue weighted by Gasteiger charge is -2.66. The average molecular weight is 754 g/mol.